The smallest absolute Gasteiger partial charge is 0.230 e. The molecule has 1 heterocycles. The Morgan fingerprint density at radius 1 is 1.40 bits per heavy atom. The molecule has 0 unspecified atom stereocenters. The predicted octanol–water partition coefficient (Wildman–Crippen LogP) is 3.36. The Bertz CT molecular complexity index is 628. The second-order valence-electron chi connectivity index (χ2n) is 6.12. The summed E-state index contributed by atoms with van der Waals surface area (Å²) in [5.41, 5.74) is 0.934. The van der Waals surface area contributed by atoms with E-state index in [1.807, 2.05) is 13.8 Å². The van der Waals surface area contributed by atoms with Crippen LogP contribution in [0.3, 0.4) is 0 Å². The Morgan fingerprint density at radius 3 is 2.75 bits per heavy atom. The summed E-state index contributed by atoms with van der Waals surface area (Å²) in [6.45, 7) is 8.53. The number of fused-ring (bicyclic) bond motifs is 1. The van der Waals surface area contributed by atoms with Gasteiger partial charge in [-0.3, -0.25) is 4.79 Å². The molecule has 108 valence electrons. The third-order valence-electron chi connectivity index (χ3n) is 3.56. The minimum absolute atomic E-state index is 0.0172. The fraction of sp³-hybridized carbons (Fsp3) is 0.438. The lowest BCUT2D eigenvalue weighted by Gasteiger charge is -2.24. The molecule has 20 heavy (non-hydrogen) atoms. The van der Waals surface area contributed by atoms with Crippen molar-refractivity contribution in [1.82, 2.24) is 10.3 Å². The number of hydrogen-bond acceptors (Lipinski definition) is 1. The summed E-state index contributed by atoms with van der Waals surface area (Å²) in [6.07, 6.45) is 1.79. The Labute approximate surface area is 118 Å². The van der Waals surface area contributed by atoms with Crippen LogP contribution in [-0.2, 0) is 10.2 Å². The van der Waals surface area contributed by atoms with Crippen LogP contribution in [0, 0.1) is 11.7 Å². The maximum Gasteiger partial charge on any atom is 0.230 e. The molecule has 0 atom stereocenters. The van der Waals surface area contributed by atoms with Gasteiger partial charge in [0.2, 0.25) is 5.91 Å². The first kappa shape index (κ1) is 14.6. The van der Waals surface area contributed by atoms with Crippen LogP contribution in [0.25, 0.3) is 10.9 Å². The lowest BCUT2D eigenvalue weighted by molar-refractivity contribution is -0.125. The van der Waals surface area contributed by atoms with Gasteiger partial charge in [0, 0.05) is 23.6 Å². The van der Waals surface area contributed by atoms with Gasteiger partial charge in [0.05, 0.1) is 5.41 Å². The highest BCUT2D eigenvalue weighted by molar-refractivity contribution is 5.94. The molecule has 2 N–H and O–H groups in total. The van der Waals surface area contributed by atoms with E-state index in [9.17, 15) is 9.18 Å². The normalized spacial score (nSPS) is 12.1. The number of aromatic amines is 1. The zero-order valence-corrected chi connectivity index (χ0v) is 12.4. The van der Waals surface area contributed by atoms with Crippen molar-refractivity contribution in [3.05, 3.63) is 35.8 Å². The van der Waals surface area contributed by atoms with E-state index in [0.717, 1.165) is 10.9 Å². The van der Waals surface area contributed by atoms with Gasteiger partial charge >= 0.3 is 0 Å². The lowest BCUT2D eigenvalue weighted by Crippen LogP contribution is -2.41. The van der Waals surface area contributed by atoms with Gasteiger partial charge < -0.3 is 10.3 Å². The second kappa shape index (κ2) is 5.27. The summed E-state index contributed by atoms with van der Waals surface area (Å²) < 4.78 is 13.2. The zero-order valence-electron chi connectivity index (χ0n) is 12.4. The molecular weight excluding hydrogens is 255 g/mol. The van der Waals surface area contributed by atoms with Gasteiger partial charge in [-0.1, -0.05) is 13.8 Å². The van der Waals surface area contributed by atoms with E-state index in [0.29, 0.717) is 18.0 Å². The number of carbonyl (C=O) groups excluding carboxylic acids is 1. The molecule has 0 aliphatic carbocycles. The van der Waals surface area contributed by atoms with E-state index < -0.39 is 5.41 Å². The van der Waals surface area contributed by atoms with Gasteiger partial charge in [-0.15, -0.1) is 0 Å². The van der Waals surface area contributed by atoms with Gasteiger partial charge in [0.15, 0.2) is 0 Å². The Kier molecular flexibility index (Phi) is 3.84. The lowest BCUT2D eigenvalue weighted by atomic mass is 9.83. The molecule has 0 fully saturated rings. The molecule has 0 radical (unpaired) electrons. The third-order valence-corrected chi connectivity index (χ3v) is 3.56. The minimum atomic E-state index is -0.662. The van der Waals surface area contributed by atoms with Gasteiger partial charge in [-0.25, -0.2) is 4.39 Å². The quantitative estimate of drug-likeness (QED) is 0.883. The summed E-state index contributed by atoms with van der Waals surface area (Å²) in [6, 6.07) is 4.58. The van der Waals surface area contributed by atoms with E-state index in [-0.39, 0.29) is 11.7 Å². The molecule has 1 aromatic carbocycles. The SMILES string of the molecule is CC(C)CNC(=O)C(C)(C)c1c[nH]c2cc(F)ccc12. The van der Waals surface area contributed by atoms with E-state index in [4.69, 9.17) is 0 Å². The molecule has 2 aromatic rings. The van der Waals surface area contributed by atoms with Gasteiger partial charge in [0.1, 0.15) is 5.82 Å². The number of carbonyl (C=O) groups is 1. The number of rotatable bonds is 4. The summed E-state index contributed by atoms with van der Waals surface area (Å²) >= 11 is 0. The van der Waals surface area contributed by atoms with Gasteiger partial charge in [-0.2, -0.15) is 0 Å². The Balaban J connectivity index is 2.33. The molecule has 2 rings (SSSR count). The maximum absolute atomic E-state index is 13.2. The number of aromatic nitrogens is 1. The Morgan fingerprint density at radius 2 is 2.10 bits per heavy atom. The number of nitrogens with one attached hydrogen (secondary N) is 2. The van der Waals surface area contributed by atoms with Crippen molar-refractivity contribution in [3.8, 4) is 0 Å². The largest absolute Gasteiger partial charge is 0.361 e. The molecule has 4 heteroatoms. The van der Waals surface area contributed by atoms with Gasteiger partial charge in [0.25, 0.3) is 0 Å². The molecular formula is C16H21FN2O. The number of halogens is 1. The van der Waals surface area contributed by atoms with Crippen molar-refractivity contribution in [2.24, 2.45) is 5.92 Å². The second-order valence-corrected chi connectivity index (χ2v) is 6.12. The van der Waals surface area contributed by atoms with Crippen molar-refractivity contribution >= 4 is 16.8 Å². The van der Waals surface area contributed by atoms with E-state index in [1.54, 1.807) is 12.3 Å². The Hall–Kier alpha value is -1.84. The number of hydrogen-bond donors (Lipinski definition) is 2. The van der Waals surface area contributed by atoms with Crippen LogP contribution in [0.2, 0.25) is 0 Å². The number of amides is 1. The third kappa shape index (κ3) is 2.69. The highest BCUT2D eigenvalue weighted by atomic mass is 19.1. The molecule has 1 amide bonds. The van der Waals surface area contributed by atoms with Crippen LogP contribution >= 0.6 is 0 Å². The van der Waals surface area contributed by atoms with Crippen LogP contribution < -0.4 is 5.32 Å². The predicted molar refractivity (Wildman–Crippen MR) is 79.1 cm³/mol. The highest BCUT2D eigenvalue weighted by Gasteiger charge is 2.32. The molecule has 1 aromatic heterocycles. The van der Waals surface area contributed by atoms with Crippen molar-refractivity contribution < 1.29 is 9.18 Å². The molecule has 0 bridgehead atoms. The molecule has 0 spiro atoms. The van der Waals surface area contributed by atoms with E-state index in [1.165, 1.54) is 12.1 Å². The van der Waals surface area contributed by atoms with Crippen molar-refractivity contribution in [2.75, 3.05) is 6.54 Å². The highest BCUT2D eigenvalue weighted by Crippen LogP contribution is 2.31. The molecule has 0 aliphatic rings. The van der Waals surface area contributed by atoms with E-state index >= 15 is 0 Å². The monoisotopic (exact) mass is 276 g/mol. The zero-order chi connectivity index (χ0) is 14.9. The average molecular weight is 276 g/mol. The number of H-pyrrole nitrogens is 1. The van der Waals surface area contributed by atoms with Crippen LogP contribution in [0.5, 0.6) is 0 Å². The topological polar surface area (TPSA) is 44.9 Å². The summed E-state index contributed by atoms with van der Waals surface area (Å²) in [7, 11) is 0. The first-order valence-corrected chi connectivity index (χ1v) is 6.87. The fourth-order valence-electron chi connectivity index (χ4n) is 2.26. The first-order valence-electron chi connectivity index (χ1n) is 6.87. The summed E-state index contributed by atoms with van der Waals surface area (Å²) in [4.78, 5) is 15.4. The fourth-order valence-corrected chi connectivity index (χ4v) is 2.26. The maximum atomic E-state index is 13.2. The van der Waals surface area contributed by atoms with Crippen LogP contribution in [0.15, 0.2) is 24.4 Å². The minimum Gasteiger partial charge on any atom is -0.361 e. The number of benzene rings is 1. The van der Waals surface area contributed by atoms with Gasteiger partial charge in [-0.05, 0) is 43.5 Å². The molecule has 0 saturated heterocycles. The summed E-state index contributed by atoms with van der Waals surface area (Å²) in [5.74, 6) is 0.108. The van der Waals surface area contributed by atoms with Crippen LogP contribution in [-0.4, -0.2) is 17.4 Å². The van der Waals surface area contributed by atoms with Crippen LogP contribution in [0.4, 0.5) is 4.39 Å². The molecule has 0 aliphatic heterocycles. The van der Waals surface area contributed by atoms with E-state index in [2.05, 4.69) is 24.1 Å². The van der Waals surface area contributed by atoms with Crippen molar-refractivity contribution in [3.63, 3.8) is 0 Å². The average Bonchev–Trinajstić information content (AvgIpc) is 2.79. The molecule has 0 saturated carbocycles. The summed E-state index contributed by atoms with van der Waals surface area (Å²) in [5, 5.41) is 3.85. The first-order chi connectivity index (χ1) is 9.32. The van der Waals surface area contributed by atoms with Crippen molar-refractivity contribution in [2.45, 2.75) is 33.1 Å². The van der Waals surface area contributed by atoms with Crippen molar-refractivity contribution in [1.29, 1.82) is 0 Å². The van der Waals surface area contributed by atoms with Crippen LogP contribution in [0.1, 0.15) is 33.3 Å². The standard InChI is InChI=1S/C16H21FN2O/c1-10(2)8-19-15(20)16(3,4)13-9-18-14-7-11(17)5-6-12(13)14/h5-7,9-10,18H,8H2,1-4H3,(H,19,20). The molecule has 3 nitrogen and oxygen atoms in total.